The molecule has 2 aliphatic rings. The van der Waals surface area contributed by atoms with Crippen molar-refractivity contribution in [1.82, 2.24) is 0 Å². The van der Waals surface area contributed by atoms with Gasteiger partial charge in [-0.15, -0.1) is 11.3 Å². The van der Waals surface area contributed by atoms with Crippen LogP contribution in [0.3, 0.4) is 0 Å². The van der Waals surface area contributed by atoms with Crippen LogP contribution < -0.4 is 5.32 Å². The van der Waals surface area contributed by atoms with E-state index in [1.54, 1.807) is 19.9 Å². The number of thiophene rings is 1. The first-order chi connectivity index (χ1) is 13.3. The molecule has 0 fully saturated rings. The van der Waals surface area contributed by atoms with Gasteiger partial charge in [-0.2, -0.15) is 0 Å². The number of amides is 1. The van der Waals surface area contributed by atoms with E-state index >= 15 is 0 Å². The van der Waals surface area contributed by atoms with Crippen molar-refractivity contribution in [3.8, 4) is 0 Å². The Kier molecular flexibility index (Phi) is 6.23. The van der Waals surface area contributed by atoms with Crippen LogP contribution in [0.25, 0.3) is 0 Å². The highest BCUT2D eigenvalue weighted by Gasteiger charge is 2.36. The number of carbonyl (C=O) groups is 3. The van der Waals surface area contributed by atoms with E-state index in [0.29, 0.717) is 29.3 Å². The van der Waals surface area contributed by atoms with Crippen molar-refractivity contribution in [3.63, 3.8) is 0 Å². The molecule has 0 radical (unpaired) electrons. The molecule has 6 nitrogen and oxygen atoms in total. The van der Waals surface area contributed by atoms with Gasteiger partial charge in [-0.1, -0.05) is 19.1 Å². The number of rotatable bonds is 5. The minimum absolute atomic E-state index is 0.256. The number of carboxylic acids is 1. The SMILES string of the molecule is CC(C)OC(=O)c1c(NC(=O)[C@H]2CC=CC[C@@H]2C(=O)O)sc2c1CC[C@@H](C)C2. The number of nitrogens with one attached hydrogen (secondary N) is 1. The van der Waals surface area contributed by atoms with Crippen LogP contribution in [0, 0.1) is 17.8 Å². The van der Waals surface area contributed by atoms with Crippen LogP contribution in [0.5, 0.6) is 0 Å². The fourth-order valence-corrected chi connectivity index (χ4v) is 5.31. The Morgan fingerprint density at radius 3 is 2.54 bits per heavy atom. The first-order valence-electron chi connectivity index (χ1n) is 9.82. The first-order valence-corrected chi connectivity index (χ1v) is 10.6. The Balaban J connectivity index is 1.90. The van der Waals surface area contributed by atoms with Crippen LogP contribution in [0.4, 0.5) is 5.00 Å². The van der Waals surface area contributed by atoms with Crippen molar-refractivity contribution >= 4 is 34.2 Å². The van der Waals surface area contributed by atoms with Crippen LogP contribution in [0.1, 0.15) is 60.8 Å². The second kappa shape index (κ2) is 8.47. The lowest BCUT2D eigenvalue weighted by Crippen LogP contribution is -2.34. The van der Waals surface area contributed by atoms with Crippen molar-refractivity contribution in [1.29, 1.82) is 0 Å². The summed E-state index contributed by atoms with van der Waals surface area (Å²) in [6.07, 6.45) is 6.78. The highest BCUT2D eigenvalue weighted by atomic mass is 32.1. The van der Waals surface area contributed by atoms with E-state index in [9.17, 15) is 19.5 Å². The topological polar surface area (TPSA) is 92.7 Å². The summed E-state index contributed by atoms with van der Waals surface area (Å²) < 4.78 is 5.43. The second-order valence-corrected chi connectivity index (χ2v) is 9.10. The van der Waals surface area contributed by atoms with Gasteiger partial charge in [0.25, 0.3) is 0 Å². The van der Waals surface area contributed by atoms with Gasteiger partial charge in [-0.05, 0) is 57.4 Å². The van der Waals surface area contributed by atoms with E-state index in [4.69, 9.17) is 4.74 Å². The molecule has 1 heterocycles. The molecule has 1 aromatic heterocycles. The monoisotopic (exact) mass is 405 g/mol. The molecule has 3 rings (SSSR count). The minimum Gasteiger partial charge on any atom is -0.481 e. The number of hydrogen-bond donors (Lipinski definition) is 2. The minimum atomic E-state index is -0.969. The smallest absolute Gasteiger partial charge is 0.341 e. The van der Waals surface area contributed by atoms with E-state index in [0.717, 1.165) is 29.7 Å². The predicted octanol–water partition coefficient (Wildman–Crippen LogP) is 4.04. The van der Waals surface area contributed by atoms with Gasteiger partial charge in [0.2, 0.25) is 5.91 Å². The quantitative estimate of drug-likeness (QED) is 0.570. The molecule has 152 valence electrons. The molecule has 0 aromatic carbocycles. The third-order valence-electron chi connectivity index (χ3n) is 5.38. The third-order valence-corrected chi connectivity index (χ3v) is 6.55. The molecule has 0 unspecified atom stereocenters. The lowest BCUT2D eigenvalue weighted by atomic mass is 9.82. The fourth-order valence-electron chi connectivity index (χ4n) is 3.91. The molecule has 2 N–H and O–H groups in total. The number of carboxylic acid groups (broad SMARTS) is 1. The predicted molar refractivity (Wildman–Crippen MR) is 108 cm³/mol. The Morgan fingerprint density at radius 2 is 1.89 bits per heavy atom. The van der Waals surface area contributed by atoms with Crippen LogP contribution >= 0.6 is 11.3 Å². The van der Waals surface area contributed by atoms with Gasteiger partial charge < -0.3 is 15.2 Å². The molecule has 7 heteroatoms. The number of aliphatic carboxylic acids is 1. The molecule has 3 atom stereocenters. The summed E-state index contributed by atoms with van der Waals surface area (Å²) in [5, 5.41) is 12.8. The molecule has 28 heavy (non-hydrogen) atoms. The second-order valence-electron chi connectivity index (χ2n) is 7.99. The zero-order valence-electron chi connectivity index (χ0n) is 16.5. The number of esters is 1. The van der Waals surface area contributed by atoms with Crippen molar-refractivity contribution in [2.75, 3.05) is 5.32 Å². The first kappa shape index (κ1) is 20.6. The number of anilines is 1. The van der Waals surface area contributed by atoms with Gasteiger partial charge in [-0.25, -0.2) is 4.79 Å². The highest BCUT2D eigenvalue weighted by Crippen LogP contribution is 2.41. The van der Waals surface area contributed by atoms with Crippen molar-refractivity contribution in [2.45, 2.75) is 59.0 Å². The van der Waals surface area contributed by atoms with E-state index in [1.807, 2.05) is 6.08 Å². The molecule has 0 saturated heterocycles. The van der Waals surface area contributed by atoms with E-state index in [-0.39, 0.29) is 12.0 Å². The lowest BCUT2D eigenvalue weighted by molar-refractivity contribution is -0.146. The summed E-state index contributed by atoms with van der Waals surface area (Å²) in [5.41, 5.74) is 1.43. The maximum atomic E-state index is 12.9. The number of hydrogen-bond acceptors (Lipinski definition) is 5. The maximum Gasteiger partial charge on any atom is 0.341 e. The molecular weight excluding hydrogens is 378 g/mol. The average Bonchev–Trinajstić information content (AvgIpc) is 2.97. The maximum absolute atomic E-state index is 12.9. The van der Waals surface area contributed by atoms with Gasteiger partial charge in [0.1, 0.15) is 5.00 Å². The fraction of sp³-hybridized carbons (Fsp3) is 0.571. The summed E-state index contributed by atoms with van der Waals surface area (Å²) in [5.74, 6) is -2.59. The molecule has 0 aliphatic heterocycles. The molecule has 1 amide bonds. The van der Waals surface area contributed by atoms with Crippen LogP contribution in [-0.4, -0.2) is 29.1 Å². The summed E-state index contributed by atoms with van der Waals surface area (Å²) in [6, 6.07) is 0. The number of carbonyl (C=O) groups excluding carboxylic acids is 2. The Labute approximate surface area is 169 Å². The van der Waals surface area contributed by atoms with E-state index in [2.05, 4.69) is 12.2 Å². The molecular formula is C21H27NO5S. The van der Waals surface area contributed by atoms with Gasteiger partial charge in [0, 0.05) is 4.88 Å². The molecule has 1 aromatic rings. The van der Waals surface area contributed by atoms with Gasteiger partial charge in [0.15, 0.2) is 0 Å². The zero-order chi connectivity index (χ0) is 20.4. The highest BCUT2D eigenvalue weighted by molar-refractivity contribution is 7.17. The Bertz CT molecular complexity index is 810. The largest absolute Gasteiger partial charge is 0.481 e. The average molecular weight is 406 g/mol. The van der Waals surface area contributed by atoms with Gasteiger partial charge in [-0.3, -0.25) is 9.59 Å². The van der Waals surface area contributed by atoms with Crippen molar-refractivity contribution in [2.24, 2.45) is 17.8 Å². The van der Waals surface area contributed by atoms with Crippen LogP contribution in [0.15, 0.2) is 12.2 Å². The van der Waals surface area contributed by atoms with Gasteiger partial charge >= 0.3 is 11.9 Å². The molecule has 0 saturated carbocycles. The van der Waals surface area contributed by atoms with E-state index < -0.39 is 23.8 Å². The summed E-state index contributed by atoms with van der Waals surface area (Å²) >= 11 is 1.42. The van der Waals surface area contributed by atoms with Crippen LogP contribution in [0.2, 0.25) is 0 Å². The summed E-state index contributed by atoms with van der Waals surface area (Å²) in [7, 11) is 0. The van der Waals surface area contributed by atoms with Crippen molar-refractivity contribution in [3.05, 3.63) is 28.2 Å². The number of allylic oxidation sites excluding steroid dienone is 2. The summed E-state index contributed by atoms with van der Waals surface area (Å²) in [6.45, 7) is 5.77. The Morgan fingerprint density at radius 1 is 1.21 bits per heavy atom. The zero-order valence-corrected chi connectivity index (χ0v) is 17.3. The number of ether oxygens (including phenoxy) is 1. The van der Waals surface area contributed by atoms with Crippen LogP contribution in [-0.2, 0) is 27.2 Å². The van der Waals surface area contributed by atoms with Crippen molar-refractivity contribution < 1.29 is 24.2 Å². The molecule has 0 spiro atoms. The normalized spacial score (nSPS) is 23.9. The molecule has 2 aliphatic carbocycles. The third kappa shape index (κ3) is 4.29. The van der Waals surface area contributed by atoms with Gasteiger partial charge in [0.05, 0.1) is 23.5 Å². The summed E-state index contributed by atoms with van der Waals surface area (Å²) in [4.78, 5) is 38.3. The van der Waals surface area contributed by atoms with E-state index in [1.165, 1.54) is 11.3 Å². The lowest BCUT2D eigenvalue weighted by Gasteiger charge is -2.24. The standard InChI is InChI=1S/C21H27NO5S/c1-11(2)27-21(26)17-15-9-8-12(3)10-16(15)28-19(17)22-18(23)13-6-4-5-7-14(13)20(24)25/h4-5,11-14H,6-10H2,1-3H3,(H,22,23)(H,24,25)/t12-,13+,14+/m1/s1. The Hall–Kier alpha value is -2.15. The number of fused-ring (bicyclic) bond motifs is 1. The molecule has 0 bridgehead atoms.